The third-order valence-corrected chi connectivity index (χ3v) is 6.35. The van der Waals surface area contributed by atoms with Crippen LogP contribution in [-0.4, -0.2) is 66.5 Å². The standard InChI is InChI=1S/C25H23F3N10O2/c26-25(27,28)21-18(14-37(35-21)9-6-29)19-11-32-23-22(31-7-10-38(19)23)34-17-3-1-15(2-4-17)24(40)33-12-20(39)36-8-5-16(30)13-36/h1-4,7,10-11,14,16H,5,8-9,12-13,30H2,(H,31,34)(H,33,40). The molecule has 4 heterocycles. The number of anilines is 2. The number of likely N-dealkylation sites (tertiary alicyclic amines) is 1. The molecule has 0 saturated carbocycles. The number of hydrogen-bond donors (Lipinski definition) is 3. The Balaban J connectivity index is 1.31. The number of carbonyl (C=O) groups is 2. The summed E-state index contributed by atoms with van der Waals surface area (Å²) in [5, 5.41) is 18.1. The second-order valence-electron chi connectivity index (χ2n) is 9.13. The van der Waals surface area contributed by atoms with E-state index in [-0.39, 0.29) is 47.8 Å². The third kappa shape index (κ3) is 5.43. The highest BCUT2D eigenvalue weighted by Crippen LogP contribution is 2.36. The molecule has 4 aromatic rings. The maximum absolute atomic E-state index is 13.7. The molecule has 1 fully saturated rings. The Kier molecular flexibility index (Phi) is 7.09. The van der Waals surface area contributed by atoms with E-state index in [0.29, 0.717) is 24.3 Å². The summed E-state index contributed by atoms with van der Waals surface area (Å²) >= 11 is 0. The van der Waals surface area contributed by atoms with Crippen LogP contribution in [0.4, 0.5) is 24.7 Å². The van der Waals surface area contributed by atoms with Crippen LogP contribution in [0.2, 0.25) is 0 Å². The number of nitrogens with zero attached hydrogens (tertiary/aromatic N) is 7. The highest BCUT2D eigenvalue weighted by atomic mass is 19.4. The molecule has 1 saturated heterocycles. The fraction of sp³-hybridized carbons (Fsp3) is 0.280. The summed E-state index contributed by atoms with van der Waals surface area (Å²) in [6, 6.07) is 8.10. The average Bonchev–Trinajstić information content (AvgIpc) is 3.66. The lowest BCUT2D eigenvalue weighted by Crippen LogP contribution is -2.40. The maximum atomic E-state index is 13.7. The summed E-state index contributed by atoms with van der Waals surface area (Å²) in [6.45, 7) is 0.572. The predicted molar refractivity (Wildman–Crippen MR) is 136 cm³/mol. The maximum Gasteiger partial charge on any atom is 0.435 e. The Morgan fingerprint density at radius 2 is 1.98 bits per heavy atom. The highest BCUT2D eigenvalue weighted by molar-refractivity contribution is 5.96. The van der Waals surface area contributed by atoms with Gasteiger partial charge in [-0.1, -0.05) is 0 Å². The second-order valence-corrected chi connectivity index (χ2v) is 9.13. The summed E-state index contributed by atoms with van der Waals surface area (Å²) < 4.78 is 43.3. The molecule has 15 heteroatoms. The molecule has 1 aliphatic heterocycles. The van der Waals surface area contributed by atoms with Gasteiger partial charge in [0.1, 0.15) is 6.54 Å². The summed E-state index contributed by atoms with van der Waals surface area (Å²) in [4.78, 5) is 34.9. The van der Waals surface area contributed by atoms with Crippen molar-refractivity contribution in [2.75, 3.05) is 25.0 Å². The number of carbonyl (C=O) groups excluding carboxylic acids is 2. The van der Waals surface area contributed by atoms with Crippen molar-refractivity contribution in [2.45, 2.75) is 25.2 Å². The fourth-order valence-corrected chi connectivity index (χ4v) is 4.40. The molecule has 5 rings (SSSR count). The van der Waals surface area contributed by atoms with Gasteiger partial charge in [-0.2, -0.15) is 23.5 Å². The molecular formula is C25H23F3N10O2. The third-order valence-electron chi connectivity index (χ3n) is 6.35. The van der Waals surface area contributed by atoms with Gasteiger partial charge in [-0.3, -0.25) is 18.7 Å². The van der Waals surface area contributed by atoms with Crippen molar-refractivity contribution in [3.8, 4) is 17.3 Å². The number of nitrogens with two attached hydrogens (primary N) is 1. The van der Waals surface area contributed by atoms with Crippen molar-refractivity contribution in [1.82, 2.24) is 34.4 Å². The van der Waals surface area contributed by atoms with Crippen molar-refractivity contribution in [1.29, 1.82) is 5.26 Å². The number of nitrogens with one attached hydrogen (secondary N) is 2. The molecule has 0 bridgehead atoms. The van der Waals surface area contributed by atoms with Gasteiger partial charge in [-0.15, -0.1) is 0 Å². The highest BCUT2D eigenvalue weighted by Gasteiger charge is 2.38. The minimum Gasteiger partial charge on any atom is -0.343 e. The van der Waals surface area contributed by atoms with Crippen molar-refractivity contribution in [2.24, 2.45) is 5.73 Å². The molecule has 0 spiro atoms. The van der Waals surface area contributed by atoms with E-state index in [1.165, 1.54) is 23.0 Å². The molecule has 3 aromatic heterocycles. The Morgan fingerprint density at radius 1 is 1.20 bits per heavy atom. The molecule has 1 unspecified atom stereocenters. The smallest absolute Gasteiger partial charge is 0.343 e. The van der Waals surface area contributed by atoms with Gasteiger partial charge in [0, 0.05) is 49.0 Å². The minimum absolute atomic E-state index is 0.0422. The Bertz CT molecular complexity index is 1600. The SMILES string of the molecule is N#CCn1cc(-c2cnc3c(Nc4ccc(C(=O)NCC(=O)N5CCC(N)C5)cc4)nccn23)c(C(F)(F)F)n1. The summed E-state index contributed by atoms with van der Waals surface area (Å²) in [5.74, 6) is -0.352. The molecule has 12 nitrogen and oxygen atoms in total. The topological polar surface area (TPSA) is 159 Å². The van der Waals surface area contributed by atoms with Crippen LogP contribution in [0.1, 0.15) is 22.5 Å². The number of hydrogen-bond acceptors (Lipinski definition) is 8. The molecule has 2 amide bonds. The molecule has 4 N–H and O–H groups in total. The molecule has 0 radical (unpaired) electrons. The zero-order valence-corrected chi connectivity index (χ0v) is 20.9. The molecule has 1 aliphatic rings. The Labute approximate surface area is 225 Å². The van der Waals surface area contributed by atoms with E-state index >= 15 is 0 Å². The number of halogens is 3. The van der Waals surface area contributed by atoms with Gasteiger partial charge in [-0.05, 0) is 30.7 Å². The van der Waals surface area contributed by atoms with Crippen LogP contribution in [0, 0.1) is 11.3 Å². The number of fused-ring (bicyclic) bond motifs is 1. The van der Waals surface area contributed by atoms with Crippen LogP contribution in [-0.2, 0) is 17.5 Å². The molecule has 40 heavy (non-hydrogen) atoms. The number of aromatic nitrogens is 5. The van der Waals surface area contributed by atoms with E-state index in [9.17, 15) is 22.8 Å². The number of benzene rings is 1. The number of alkyl halides is 3. The Morgan fingerprint density at radius 3 is 2.65 bits per heavy atom. The average molecular weight is 553 g/mol. The van der Waals surface area contributed by atoms with Gasteiger partial charge in [-0.25, -0.2) is 9.97 Å². The monoisotopic (exact) mass is 552 g/mol. The molecule has 1 atom stereocenters. The second kappa shape index (κ2) is 10.7. The number of rotatable bonds is 7. The van der Waals surface area contributed by atoms with E-state index in [4.69, 9.17) is 11.0 Å². The van der Waals surface area contributed by atoms with Crippen molar-refractivity contribution < 1.29 is 22.8 Å². The van der Waals surface area contributed by atoms with Gasteiger partial charge in [0.2, 0.25) is 5.91 Å². The van der Waals surface area contributed by atoms with Crippen LogP contribution in [0.15, 0.2) is 49.1 Å². The minimum atomic E-state index is -4.74. The van der Waals surface area contributed by atoms with E-state index in [2.05, 4.69) is 25.7 Å². The summed E-state index contributed by atoms with van der Waals surface area (Å²) in [7, 11) is 0. The van der Waals surface area contributed by atoms with E-state index in [1.54, 1.807) is 35.2 Å². The number of amides is 2. The predicted octanol–water partition coefficient (Wildman–Crippen LogP) is 2.17. The number of imidazole rings is 1. The lowest BCUT2D eigenvalue weighted by Gasteiger charge is -2.16. The fourth-order valence-electron chi connectivity index (χ4n) is 4.40. The first-order chi connectivity index (χ1) is 19.1. The van der Waals surface area contributed by atoms with Gasteiger partial charge in [0.15, 0.2) is 17.2 Å². The summed E-state index contributed by atoms with van der Waals surface area (Å²) in [6.07, 6.45) is 1.29. The van der Waals surface area contributed by atoms with Crippen molar-refractivity contribution >= 4 is 29.0 Å². The molecule has 206 valence electrons. The lowest BCUT2D eigenvalue weighted by atomic mass is 10.2. The van der Waals surface area contributed by atoms with Crippen LogP contribution in [0.25, 0.3) is 16.9 Å². The summed E-state index contributed by atoms with van der Waals surface area (Å²) in [5.41, 5.74) is 5.71. The Hall–Kier alpha value is -4.97. The van der Waals surface area contributed by atoms with Gasteiger partial charge in [0.05, 0.1) is 30.1 Å². The normalized spacial score (nSPS) is 15.3. The van der Waals surface area contributed by atoms with Crippen LogP contribution in [0.5, 0.6) is 0 Å². The first-order valence-electron chi connectivity index (χ1n) is 12.2. The largest absolute Gasteiger partial charge is 0.435 e. The first-order valence-corrected chi connectivity index (χ1v) is 12.2. The zero-order valence-electron chi connectivity index (χ0n) is 20.9. The zero-order chi connectivity index (χ0) is 28.4. The van der Waals surface area contributed by atoms with Gasteiger partial charge < -0.3 is 21.3 Å². The van der Waals surface area contributed by atoms with Crippen molar-refractivity contribution in [3.05, 3.63) is 60.3 Å². The van der Waals surface area contributed by atoms with Gasteiger partial charge >= 0.3 is 6.18 Å². The molecule has 1 aromatic carbocycles. The van der Waals surface area contributed by atoms with E-state index < -0.39 is 17.8 Å². The quantitative estimate of drug-likeness (QED) is 0.315. The molecular weight excluding hydrogens is 529 g/mol. The molecule has 0 aliphatic carbocycles. The van der Waals surface area contributed by atoms with Crippen LogP contribution in [0.3, 0.4) is 0 Å². The lowest BCUT2D eigenvalue weighted by molar-refractivity contribution is -0.141. The first kappa shape index (κ1) is 26.6. The van der Waals surface area contributed by atoms with Crippen LogP contribution < -0.4 is 16.4 Å². The number of nitriles is 1. The van der Waals surface area contributed by atoms with Crippen LogP contribution >= 0.6 is 0 Å². The van der Waals surface area contributed by atoms with E-state index in [1.807, 2.05) is 0 Å². The van der Waals surface area contributed by atoms with Gasteiger partial charge in [0.25, 0.3) is 5.91 Å². The van der Waals surface area contributed by atoms with Crippen molar-refractivity contribution in [3.63, 3.8) is 0 Å². The van der Waals surface area contributed by atoms with E-state index in [0.717, 1.165) is 17.3 Å².